The fourth-order valence-electron chi connectivity index (χ4n) is 1.82. The first-order valence-corrected chi connectivity index (χ1v) is 6.17. The van der Waals surface area contributed by atoms with Gasteiger partial charge in [0.15, 0.2) is 0 Å². The molecule has 1 aromatic rings. The van der Waals surface area contributed by atoms with E-state index in [0.29, 0.717) is 0 Å². The lowest BCUT2D eigenvalue weighted by Crippen LogP contribution is -2.07. The highest BCUT2D eigenvalue weighted by atomic mass is 32.2. The van der Waals surface area contributed by atoms with Crippen LogP contribution in [0.3, 0.4) is 0 Å². The standard InChI is InChI=1S/C12H16OS/c1-8-6-10(14-3)7-11(9(8)2)12(13)4-5-12/h6-7,13H,4-5H2,1-3H3. The zero-order valence-corrected chi connectivity index (χ0v) is 9.74. The van der Waals surface area contributed by atoms with E-state index in [2.05, 4.69) is 32.2 Å². The quantitative estimate of drug-likeness (QED) is 0.754. The number of hydrogen-bond donors (Lipinski definition) is 1. The summed E-state index contributed by atoms with van der Waals surface area (Å²) >= 11 is 1.74. The third kappa shape index (κ3) is 1.57. The number of hydrogen-bond acceptors (Lipinski definition) is 2. The first kappa shape index (κ1) is 10.1. The summed E-state index contributed by atoms with van der Waals surface area (Å²) in [4.78, 5) is 1.25. The van der Waals surface area contributed by atoms with Crippen molar-refractivity contribution in [2.24, 2.45) is 0 Å². The van der Waals surface area contributed by atoms with Crippen molar-refractivity contribution in [3.63, 3.8) is 0 Å². The van der Waals surface area contributed by atoms with Gasteiger partial charge in [-0.25, -0.2) is 0 Å². The summed E-state index contributed by atoms with van der Waals surface area (Å²) in [5.74, 6) is 0. The zero-order valence-electron chi connectivity index (χ0n) is 8.92. The van der Waals surface area contributed by atoms with E-state index in [4.69, 9.17) is 0 Å². The Hall–Kier alpha value is -0.470. The van der Waals surface area contributed by atoms with Crippen molar-refractivity contribution in [2.75, 3.05) is 6.26 Å². The summed E-state index contributed by atoms with van der Waals surface area (Å²) in [7, 11) is 0. The van der Waals surface area contributed by atoms with E-state index in [1.807, 2.05) is 0 Å². The number of thioether (sulfide) groups is 1. The molecule has 0 unspecified atom stereocenters. The molecule has 0 radical (unpaired) electrons. The molecule has 14 heavy (non-hydrogen) atoms. The van der Waals surface area contributed by atoms with Crippen LogP contribution in [-0.2, 0) is 5.60 Å². The maximum atomic E-state index is 10.1. The first-order chi connectivity index (χ1) is 6.57. The molecule has 0 spiro atoms. The molecular formula is C12H16OS. The van der Waals surface area contributed by atoms with E-state index in [-0.39, 0.29) is 0 Å². The van der Waals surface area contributed by atoms with E-state index in [9.17, 15) is 5.11 Å². The average molecular weight is 208 g/mol. The Labute approximate surface area is 89.5 Å². The van der Waals surface area contributed by atoms with Crippen LogP contribution in [0.4, 0.5) is 0 Å². The van der Waals surface area contributed by atoms with Crippen LogP contribution in [0, 0.1) is 13.8 Å². The maximum absolute atomic E-state index is 10.1. The largest absolute Gasteiger partial charge is 0.385 e. The van der Waals surface area contributed by atoms with Gasteiger partial charge >= 0.3 is 0 Å². The average Bonchev–Trinajstić information content (AvgIpc) is 2.89. The highest BCUT2D eigenvalue weighted by Gasteiger charge is 2.43. The van der Waals surface area contributed by atoms with E-state index >= 15 is 0 Å². The molecule has 1 fully saturated rings. The summed E-state index contributed by atoms with van der Waals surface area (Å²) in [6, 6.07) is 4.33. The SMILES string of the molecule is CSc1cc(C)c(C)c(C2(O)CC2)c1. The van der Waals surface area contributed by atoms with Gasteiger partial charge < -0.3 is 5.11 Å². The van der Waals surface area contributed by atoms with Crippen LogP contribution in [0.5, 0.6) is 0 Å². The summed E-state index contributed by atoms with van der Waals surface area (Å²) in [6.45, 7) is 4.22. The monoisotopic (exact) mass is 208 g/mol. The summed E-state index contributed by atoms with van der Waals surface area (Å²) in [5, 5.41) is 10.1. The zero-order chi connectivity index (χ0) is 10.3. The molecule has 0 aromatic heterocycles. The van der Waals surface area contributed by atoms with E-state index < -0.39 is 5.60 Å². The fourth-order valence-corrected chi connectivity index (χ4v) is 2.35. The molecule has 0 heterocycles. The van der Waals surface area contributed by atoms with Gasteiger partial charge in [-0.05, 0) is 61.8 Å². The molecule has 1 saturated carbocycles. The molecule has 2 heteroatoms. The highest BCUT2D eigenvalue weighted by Crippen LogP contribution is 2.47. The molecular weight excluding hydrogens is 192 g/mol. The first-order valence-electron chi connectivity index (χ1n) is 4.95. The van der Waals surface area contributed by atoms with Crippen molar-refractivity contribution in [3.8, 4) is 0 Å². The van der Waals surface area contributed by atoms with Crippen LogP contribution >= 0.6 is 11.8 Å². The van der Waals surface area contributed by atoms with Gasteiger partial charge in [-0.2, -0.15) is 0 Å². The lowest BCUT2D eigenvalue weighted by molar-refractivity contribution is 0.150. The van der Waals surface area contributed by atoms with Crippen molar-refractivity contribution in [2.45, 2.75) is 37.2 Å². The minimum Gasteiger partial charge on any atom is -0.385 e. The Bertz CT molecular complexity index is 367. The van der Waals surface area contributed by atoms with Gasteiger partial charge in [0, 0.05) is 4.90 Å². The van der Waals surface area contributed by atoms with Crippen molar-refractivity contribution >= 4 is 11.8 Å². The summed E-state index contributed by atoms with van der Waals surface area (Å²) < 4.78 is 0. The molecule has 1 aliphatic carbocycles. The smallest absolute Gasteiger partial charge is 0.0902 e. The van der Waals surface area contributed by atoms with Crippen LogP contribution < -0.4 is 0 Å². The van der Waals surface area contributed by atoms with Crippen molar-refractivity contribution in [1.82, 2.24) is 0 Å². The second-order valence-corrected chi connectivity index (χ2v) is 5.03. The number of rotatable bonds is 2. The predicted molar refractivity (Wildman–Crippen MR) is 60.8 cm³/mol. The molecule has 1 nitrogen and oxygen atoms in total. The second kappa shape index (κ2) is 3.28. The molecule has 0 amide bonds. The van der Waals surface area contributed by atoms with Gasteiger partial charge in [-0.15, -0.1) is 11.8 Å². The Morgan fingerprint density at radius 1 is 1.29 bits per heavy atom. The molecule has 0 saturated heterocycles. The highest BCUT2D eigenvalue weighted by molar-refractivity contribution is 7.98. The number of benzene rings is 1. The van der Waals surface area contributed by atoms with Crippen molar-refractivity contribution < 1.29 is 5.11 Å². The predicted octanol–water partition coefficient (Wildman–Crippen LogP) is 3.01. The van der Waals surface area contributed by atoms with Gasteiger partial charge in [-0.1, -0.05) is 0 Å². The van der Waals surface area contributed by atoms with Crippen LogP contribution in [0.15, 0.2) is 17.0 Å². The Morgan fingerprint density at radius 2 is 1.93 bits per heavy atom. The lowest BCUT2D eigenvalue weighted by atomic mass is 9.98. The number of aryl methyl sites for hydroxylation is 1. The minimum atomic E-state index is -0.499. The van der Waals surface area contributed by atoms with Gasteiger partial charge in [0.05, 0.1) is 5.60 Å². The molecule has 1 N–H and O–H groups in total. The minimum absolute atomic E-state index is 0.499. The molecule has 1 aliphatic rings. The van der Waals surface area contributed by atoms with E-state index in [1.54, 1.807) is 11.8 Å². The normalized spacial score (nSPS) is 18.3. The van der Waals surface area contributed by atoms with E-state index in [0.717, 1.165) is 18.4 Å². The van der Waals surface area contributed by atoms with Gasteiger partial charge in [0.2, 0.25) is 0 Å². The molecule has 0 atom stereocenters. The third-order valence-corrected chi connectivity index (χ3v) is 3.81. The van der Waals surface area contributed by atoms with Gasteiger partial charge in [0.25, 0.3) is 0 Å². The fraction of sp³-hybridized carbons (Fsp3) is 0.500. The lowest BCUT2D eigenvalue weighted by Gasteiger charge is -2.15. The van der Waals surface area contributed by atoms with Crippen LogP contribution in [0.2, 0.25) is 0 Å². The second-order valence-electron chi connectivity index (χ2n) is 4.15. The maximum Gasteiger partial charge on any atom is 0.0902 e. The molecule has 1 aromatic carbocycles. The van der Waals surface area contributed by atoms with E-state index in [1.165, 1.54) is 16.0 Å². The molecule has 2 rings (SSSR count). The number of aliphatic hydroxyl groups is 1. The topological polar surface area (TPSA) is 20.2 Å². The van der Waals surface area contributed by atoms with Crippen LogP contribution in [0.1, 0.15) is 29.5 Å². The van der Waals surface area contributed by atoms with Crippen molar-refractivity contribution in [1.29, 1.82) is 0 Å². The Balaban J connectivity index is 2.52. The molecule has 76 valence electrons. The summed E-state index contributed by atoms with van der Waals surface area (Å²) in [6.07, 6.45) is 3.92. The molecule has 0 aliphatic heterocycles. The van der Waals surface area contributed by atoms with Crippen LogP contribution in [0.25, 0.3) is 0 Å². The van der Waals surface area contributed by atoms with Crippen molar-refractivity contribution in [3.05, 3.63) is 28.8 Å². The molecule has 0 bridgehead atoms. The Kier molecular flexibility index (Phi) is 2.36. The van der Waals surface area contributed by atoms with Gasteiger partial charge in [-0.3, -0.25) is 0 Å². The third-order valence-electron chi connectivity index (χ3n) is 3.10. The summed E-state index contributed by atoms with van der Waals surface area (Å²) in [5.41, 5.74) is 3.18. The Morgan fingerprint density at radius 3 is 2.43 bits per heavy atom. The van der Waals surface area contributed by atoms with Crippen LogP contribution in [-0.4, -0.2) is 11.4 Å². The van der Waals surface area contributed by atoms with Gasteiger partial charge in [0.1, 0.15) is 0 Å².